The second-order valence-corrected chi connectivity index (χ2v) is 6.06. The van der Waals surface area contributed by atoms with E-state index in [4.69, 9.17) is 14.2 Å². The molecule has 0 saturated heterocycles. The maximum Gasteiger partial charge on any atom is 0.203 e. The summed E-state index contributed by atoms with van der Waals surface area (Å²) < 4.78 is 18.1. The van der Waals surface area contributed by atoms with Crippen molar-refractivity contribution in [2.75, 3.05) is 34.9 Å². The van der Waals surface area contributed by atoms with Gasteiger partial charge < -0.3 is 19.1 Å². The van der Waals surface area contributed by atoms with Gasteiger partial charge in [-0.25, -0.2) is 0 Å². The number of rotatable bonds is 5. The molecular formula is C18H22N4O3. The average Bonchev–Trinajstić information content (AvgIpc) is 2.97. The summed E-state index contributed by atoms with van der Waals surface area (Å²) in [5.41, 5.74) is 3.64. The molecule has 0 amide bonds. The van der Waals surface area contributed by atoms with E-state index in [-0.39, 0.29) is 0 Å². The van der Waals surface area contributed by atoms with Crippen LogP contribution in [0.2, 0.25) is 0 Å². The van der Waals surface area contributed by atoms with E-state index in [1.807, 2.05) is 16.8 Å². The number of benzene rings is 1. The number of ether oxygens (including phenoxy) is 3. The first-order valence-corrected chi connectivity index (χ1v) is 8.07. The molecule has 2 heterocycles. The first kappa shape index (κ1) is 17.1. The maximum absolute atomic E-state index is 9.39. The average molecular weight is 342 g/mol. The topological polar surface area (TPSA) is 72.5 Å². The van der Waals surface area contributed by atoms with E-state index in [2.05, 4.69) is 23.1 Å². The molecular weight excluding hydrogens is 320 g/mol. The normalized spacial score (nSPS) is 13.9. The molecule has 3 rings (SSSR count). The summed E-state index contributed by atoms with van der Waals surface area (Å²) in [5.74, 6) is 1.78. The summed E-state index contributed by atoms with van der Waals surface area (Å²) in [5, 5.41) is 13.9. The summed E-state index contributed by atoms with van der Waals surface area (Å²) >= 11 is 0. The van der Waals surface area contributed by atoms with Crippen LogP contribution in [0.5, 0.6) is 17.2 Å². The Morgan fingerprint density at radius 1 is 1.16 bits per heavy atom. The molecule has 7 nitrogen and oxygen atoms in total. The van der Waals surface area contributed by atoms with Crippen LogP contribution in [0.1, 0.15) is 22.5 Å². The lowest BCUT2D eigenvalue weighted by Crippen LogP contribution is -2.27. The number of nitrogens with zero attached hydrogens (tertiary/aromatic N) is 4. The highest BCUT2D eigenvalue weighted by Crippen LogP contribution is 2.38. The van der Waals surface area contributed by atoms with E-state index in [0.717, 1.165) is 36.3 Å². The Morgan fingerprint density at radius 2 is 1.84 bits per heavy atom. The van der Waals surface area contributed by atoms with Crippen LogP contribution in [0, 0.1) is 11.3 Å². The van der Waals surface area contributed by atoms with Crippen LogP contribution in [0.15, 0.2) is 12.1 Å². The first-order chi connectivity index (χ1) is 12.1. The molecule has 1 aromatic carbocycles. The molecule has 0 bridgehead atoms. The van der Waals surface area contributed by atoms with E-state index < -0.39 is 0 Å². The van der Waals surface area contributed by atoms with Gasteiger partial charge in [-0.1, -0.05) is 0 Å². The molecule has 0 saturated carbocycles. The van der Waals surface area contributed by atoms with Crippen molar-refractivity contribution >= 4 is 0 Å². The van der Waals surface area contributed by atoms with Gasteiger partial charge in [0.1, 0.15) is 6.07 Å². The minimum atomic E-state index is 0.508. The Hall–Kier alpha value is -2.72. The van der Waals surface area contributed by atoms with E-state index in [1.165, 1.54) is 0 Å². The van der Waals surface area contributed by atoms with Gasteiger partial charge >= 0.3 is 0 Å². The van der Waals surface area contributed by atoms with Crippen LogP contribution in [-0.2, 0) is 19.5 Å². The largest absolute Gasteiger partial charge is 0.493 e. The summed E-state index contributed by atoms with van der Waals surface area (Å²) in [6.07, 6.45) is 0.880. The van der Waals surface area contributed by atoms with E-state index >= 15 is 0 Å². The molecule has 1 aliphatic rings. The summed E-state index contributed by atoms with van der Waals surface area (Å²) in [6.45, 7) is 2.26. The fraction of sp³-hybridized carbons (Fsp3) is 0.444. The second-order valence-electron chi connectivity index (χ2n) is 6.06. The van der Waals surface area contributed by atoms with Crippen molar-refractivity contribution in [3.05, 3.63) is 34.6 Å². The van der Waals surface area contributed by atoms with E-state index in [0.29, 0.717) is 29.5 Å². The number of likely N-dealkylation sites (N-methyl/N-ethyl adjacent to an activating group) is 1. The quantitative estimate of drug-likeness (QED) is 0.825. The van der Waals surface area contributed by atoms with Gasteiger partial charge in [-0.15, -0.1) is 0 Å². The van der Waals surface area contributed by atoms with Crippen molar-refractivity contribution in [3.63, 3.8) is 0 Å². The molecule has 0 radical (unpaired) electrons. The zero-order chi connectivity index (χ0) is 18.0. The number of hydrogen-bond acceptors (Lipinski definition) is 6. The lowest BCUT2D eigenvalue weighted by atomic mass is 10.1. The molecule has 1 aliphatic heterocycles. The Morgan fingerprint density at radius 3 is 2.40 bits per heavy atom. The number of hydrogen-bond donors (Lipinski definition) is 0. The summed E-state index contributed by atoms with van der Waals surface area (Å²) in [4.78, 5) is 2.20. The van der Waals surface area contributed by atoms with Crippen LogP contribution in [-0.4, -0.2) is 49.6 Å². The standard InChI is InChI=1S/C18H22N4O3/c1-21-6-5-15-13(11-21)14(9-19)20-22(15)10-12-7-16(23-2)18(25-4)17(8-12)24-3/h7-8H,5-6,10-11H2,1-4H3. The monoisotopic (exact) mass is 342 g/mol. The SMILES string of the molecule is COc1cc(Cn2nc(C#N)c3c2CCN(C)C3)cc(OC)c1OC. The minimum Gasteiger partial charge on any atom is -0.493 e. The van der Waals surface area contributed by atoms with Gasteiger partial charge in [-0.05, 0) is 24.7 Å². The zero-order valence-corrected chi connectivity index (χ0v) is 15.0. The van der Waals surface area contributed by atoms with Crippen molar-refractivity contribution in [2.24, 2.45) is 0 Å². The second kappa shape index (κ2) is 7.03. The predicted molar refractivity (Wildman–Crippen MR) is 92.2 cm³/mol. The molecule has 7 heteroatoms. The van der Waals surface area contributed by atoms with Crippen molar-refractivity contribution < 1.29 is 14.2 Å². The predicted octanol–water partition coefficient (Wildman–Crippen LogP) is 1.82. The molecule has 0 aliphatic carbocycles. The molecule has 25 heavy (non-hydrogen) atoms. The fourth-order valence-corrected chi connectivity index (χ4v) is 3.25. The molecule has 1 aromatic heterocycles. The smallest absolute Gasteiger partial charge is 0.203 e. The Kier molecular flexibility index (Phi) is 4.81. The van der Waals surface area contributed by atoms with Gasteiger partial charge in [0.05, 0.1) is 27.9 Å². The van der Waals surface area contributed by atoms with Crippen LogP contribution < -0.4 is 14.2 Å². The molecule has 132 valence electrons. The van der Waals surface area contributed by atoms with Crippen molar-refractivity contribution in [1.29, 1.82) is 5.26 Å². The number of fused-ring (bicyclic) bond motifs is 1. The van der Waals surface area contributed by atoms with E-state index in [9.17, 15) is 5.26 Å². The molecule has 0 unspecified atom stereocenters. The third-order valence-corrected chi connectivity index (χ3v) is 4.49. The highest BCUT2D eigenvalue weighted by Gasteiger charge is 2.23. The van der Waals surface area contributed by atoms with E-state index in [1.54, 1.807) is 21.3 Å². The first-order valence-electron chi connectivity index (χ1n) is 8.07. The Labute approximate surface area is 147 Å². The van der Waals surface area contributed by atoms with Gasteiger partial charge in [0.2, 0.25) is 5.75 Å². The highest BCUT2D eigenvalue weighted by atomic mass is 16.5. The van der Waals surface area contributed by atoms with Gasteiger partial charge in [0.25, 0.3) is 0 Å². The van der Waals surface area contributed by atoms with Gasteiger partial charge in [0, 0.05) is 30.8 Å². The van der Waals surface area contributed by atoms with Crippen molar-refractivity contribution in [2.45, 2.75) is 19.5 Å². The van der Waals surface area contributed by atoms with Crippen molar-refractivity contribution in [3.8, 4) is 23.3 Å². The fourth-order valence-electron chi connectivity index (χ4n) is 3.25. The Balaban J connectivity index is 2.00. The van der Waals surface area contributed by atoms with Crippen LogP contribution in [0.4, 0.5) is 0 Å². The lowest BCUT2D eigenvalue weighted by molar-refractivity contribution is 0.307. The van der Waals surface area contributed by atoms with Gasteiger partial charge in [-0.2, -0.15) is 10.4 Å². The number of methoxy groups -OCH3 is 3. The highest BCUT2D eigenvalue weighted by molar-refractivity contribution is 5.54. The minimum absolute atomic E-state index is 0.508. The zero-order valence-electron chi connectivity index (χ0n) is 15.0. The van der Waals surface area contributed by atoms with Gasteiger partial charge in [0.15, 0.2) is 17.2 Å². The van der Waals surface area contributed by atoms with Crippen LogP contribution >= 0.6 is 0 Å². The summed E-state index contributed by atoms with van der Waals surface area (Å²) in [6, 6.07) is 6.04. The van der Waals surface area contributed by atoms with Gasteiger partial charge in [-0.3, -0.25) is 4.68 Å². The number of aromatic nitrogens is 2. The summed E-state index contributed by atoms with van der Waals surface area (Å²) in [7, 11) is 6.83. The number of nitriles is 1. The molecule has 0 fully saturated rings. The Bertz CT molecular complexity index is 797. The maximum atomic E-state index is 9.39. The third-order valence-electron chi connectivity index (χ3n) is 4.49. The van der Waals surface area contributed by atoms with Crippen LogP contribution in [0.25, 0.3) is 0 Å². The third kappa shape index (κ3) is 3.13. The molecule has 2 aromatic rings. The molecule has 0 atom stereocenters. The molecule has 0 N–H and O–H groups in total. The van der Waals surface area contributed by atoms with Crippen LogP contribution in [0.3, 0.4) is 0 Å². The lowest BCUT2D eigenvalue weighted by Gasteiger charge is -2.23. The van der Waals surface area contributed by atoms with Crippen molar-refractivity contribution in [1.82, 2.24) is 14.7 Å². The molecule has 0 spiro atoms.